The Morgan fingerprint density at radius 2 is 1.90 bits per heavy atom. The summed E-state index contributed by atoms with van der Waals surface area (Å²) in [5.41, 5.74) is -0.610. The van der Waals surface area contributed by atoms with Gasteiger partial charge in [0.05, 0.1) is 10.7 Å². The number of likely N-dealkylation sites (N-methyl/N-ethyl adjacent to an activating group) is 1. The molecular formula is C13H15Cl3N4. The Hall–Kier alpha value is -0.390. The molecule has 1 aromatic rings. The highest BCUT2D eigenvalue weighted by Gasteiger charge is 2.43. The van der Waals surface area contributed by atoms with Gasteiger partial charge in [0.2, 0.25) is 5.12 Å². The zero-order chi connectivity index (χ0) is 14.3. The summed E-state index contributed by atoms with van der Waals surface area (Å²) in [5, 5.41) is 1.02. The minimum Gasteiger partial charge on any atom is -0.304 e. The monoisotopic (exact) mass is 332 g/mol. The molecule has 0 aromatic heterocycles. The van der Waals surface area contributed by atoms with E-state index < -0.39 is 10.6 Å². The second-order valence-electron chi connectivity index (χ2n) is 5.14. The number of halogens is 3. The van der Waals surface area contributed by atoms with Gasteiger partial charge in [-0.2, -0.15) is 0 Å². The van der Waals surface area contributed by atoms with E-state index in [2.05, 4.69) is 26.8 Å². The Morgan fingerprint density at radius 3 is 2.60 bits per heavy atom. The molecule has 0 aliphatic carbocycles. The highest BCUT2D eigenvalue weighted by atomic mass is 35.5. The van der Waals surface area contributed by atoms with Crippen molar-refractivity contribution in [3.8, 4) is 0 Å². The Bertz CT molecular complexity index is 627. The molecule has 1 saturated heterocycles. The minimum absolute atomic E-state index is 0.610. The summed E-state index contributed by atoms with van der Waals surface area (Å²) in [6, 6.07) is 5.37. The Labute approximate surface area is 132 Å². The molecule has 0 bridgehead atoms. The van der Waals surface area contributed by atoms with Gasteiger partial charge in [-0.15, -0.1) is 0 Å². The molecule has 7 heteroatoms. The van der Waals surface area contributed by atoms with Crippen molar-refractivity contribution in [1.82, 2.24) is 9.80 Å². The molecule has 1 fully saturated rings. The van der Waals surface area contributed by atoms with Crippen LogP contribution in [0.2, 0.25) is 5.02 Å². The van der Waals surface area contributed by atoms with Gasteiger partial charge in [0, 0.05) is 31.2 Å². The number of fused-ring (bicyclic) bond motifs is 1. The third kappa shape index (κ3) is 2.55. The fourth-order valence-electron chi connectivity index (χ4n) is 2.46. The maximum absolute atomic E-state index is 6.70. The Kier molecular flexibility index (Phi) is 3.95. The van der Waals surface area contributed by atoms with Gasteiger partial charge < -0.3 is 4.90 Å². The second-order valence-corrected chi connectivity index (χ2v) is 6.54. The maximum atomic E-state index is 6.70. The lowest BCUT2D eigenvalue weighted by atomic mass is 10.2. The quantitative estimate of drug-likeness (QED) is 0.573. The van der Waals surface area contributed by atoms with Crippen LogP contribution in [0, 0.1) is 0 Å². The number of benzene rings is 1. The van der Waals surface area contributed by atoms with Crippen molar-refractivity contribution < 1.29 is 0 Å². The number of piperazine rings is 1. The summed E-state index contributed by atoms with van der Waals surface area (Å²) in [6.07, 6.45) is 0. The third-order valence-electron chi connectivity index (χ3n) is 3.72. The molecule has 2 aliphatic heterocycles. The minimum atomic E-state index is -1.03. The van der Waals surface area contributed by atoms with E-state index in [0.29, 0.717) is 10.4 Å². The molecule has 20 heavy (non-hydrogen) atoms. The molecule has 0 saturated carbocycles. The average Bonchev–Trinajstić information content (AvgIpc) is 2.41. The highest BCUT2D eigenvalue weighted by Crippen LogP contribution is 2.32. The van der Waals surface area contributed by atoms with Crippen LogP contribution in [0.1, 0.15) is 0 Å². The Balaban J connectivity index is 2.01. The first kappa shape index (κ1) is 14.5. The molecule has 4 nitrogen and oxygen atoms in total. The van der Waals surface area contributed by atoms with Crippen LogP contribution in [0.5, 0.6) is 0 Å². The van der Waals surface area contributed by atoms with Crippen molar-refractivity contribution in [3.05, 3.63) is 33.9 Å². The van der Waals surface area contributed by atoms with E-state index in [-0.39, 0.29) is 0 Å². The molecule has 0 spiro atoms. The predicted molar refractivity (Wildman–Crippen MR) is 81.1 cm³/mol. The lowest BCUT2D eigenvalue weighted by molar-refractivity contribution is 0.0873. The number of hydrogen-bond donors (Lipinski definition) is 0. The third-order valence-corrected chi connectivity index (χ3v) is 5.00. The molecule has 2 heterocycles. The molecule has 2 unspecified atom stereocenters. The normalized spacial score (nSPS) is 31.3. The largest absolute Gasteiger partial charge is 0.304 e. The van der Waals surface area contributed by atoms with Crippen LogP contribution in [-0.2, 0) is 0 Å². The fourth-order valence-corrected chi connectivity index (χ4v) is 3.23. The molecular weight excluding hydrogens is 319 g/mol. The van der Waals surface area contributed by atoms with Crippen molar-refractivity contribution in [2.75, 3.05) is 33.2 Å². The van der Waals surface area contributed by atoms with Gasteiger partial charge in [-0.05, 0) is 25.2 Å². The van der Waals surface area contributed by atoms with Gasteiger partial charge in [-0.1, -0.05) is 34.8 Å². The standard InChI is InChI=1S/C13H15Cl3N4/c1-19-4-6-20(7-5-19)13(16)12(15)17-10-3-2-9(14)8-11(10)18-13/h2-3,8,12H,4-7H2,1H3. The van der Waals surface area contributed by atoms with Gasteiger partial charge >= 0.3 is 0 Å². The highest BCUT2D eigenvalue weighted by molar-refractivity contribution is 6.32. The SMILES string of the molecule is CN1CCN(C2(Cl)N=c3cc(Cl)ccc3=NC2Cl)CC1. The average molecular weight is 334 g/mol. The van der Waals surface area contributed by atoms with Crippen molar-refractivity contribution in [2.45, 2.75) is 10.6 Å². The van der Waals surface area contributed by atoms with Gasteiger partial charge in [-0.3, -0.25) is 9.89 Å². The molecule has 0 N–H and O–H groups in total. The van der Waals surface area contributed by atoms with Gasteiger partial charge in [0.15, 0.2) is 5.50 Å². The summed E-state index contributed by atoms with van der Waals surface area (Å²) >= 11 is 19.1. The first-order valence-electron chi connectivity index (χ1n) is 6.49. The van der Waals surface area contributed by atoms with Crippen LogP contribution in [0.3, 0.4) is 0 Å². The summed E-state index contributed by atoms with van der Waals surface area (Å²) in [6.45, 7) is 3.52. The number of alkyl halides is 2. The summed E-state index contributed by atoms with van der Waals surface area (Å²) in [7, 11) is 2.09. The van der Waals surface area contributed by atoms with E-state index in [1.165, 1.54) is 0 Å². The van der Waals surface area contributed by atoms with Crippen molar-refractivity contribution in [3.63, 3.8) is 0 Å². The first-order valence-corrected chi connectivity index (χ1v) is 7.68. The van der Waals surface area contributed by atoms with Gasteiger partial charge in [0.25, 0.3) is 0 Å². The predicted octanol–water partition coefficient (Wildman–Crippen LogP) is 1.30. The molecule has 0 radical (unpaired) electrons. The number of rotatable bonds is 1. The summed E-state index contributed by atoms with van der Waals surface area (Å²) in [5.74, 6) is 0. The second kappa shape index (κ2) is 5.43. The molecule has 2 atom stereocenters. The van der Waals surface area contributed by atoms with E-state index >= 15 is 0 Å². The number of hydrogen-bond acceptors (Lipinski definition) is 4. The lowest BCUT2D eigenvalue weighted by Crippen LogP contribution is -2.59. The number of nitrogens with zero attached hydrogens (tertiary/aromatic N) is 4. The van der Waals surface area contributed by atoms with Crippen LogP contribution in [0.25, 0.3) is 0 Å². The van der Waals surface area contributed by atoms with E-state index in [9.17, 15) is 0 Å². The smallest absolute Gasteiger partial charge is 0.226 e. The van der Waals surface area contributed by atoms with Crippen LogP contribution in [0.4, 0.5) is 0 Å². The fraction of sp³-hybridized carbons (Fsp3) is 0.538. The summed E-state index contributed by atoms with van der Waals surface area (Å²) in [4.78, 5) is 13.4. The van der Waals surface area contributed by atoms with Gasteiger partial charge in [-0.25, -0.2) is 4.99 Å². The molecule has 0 amide bonds. The van der Waals surface area contributed by atoms with Crippen molar-refractivity contribution in [2.24, 2.45) is 9.98 Å². The topological polar surface area (TPSA) is 31.2 Å². The van der Waals surface area contributed by atoms with Crippen LogP contribution >= 0.6 is 34.8 Å². The summed E-state index contributed by atoms with van der Waals surface area (Å²) < 4.78 is 0. The van der Waals surface area contributed by atoms with Crippen LogP contribution in [0.15, 0.2) is 28.2 Å². The Morgan fingerprint density at radius 1 is 1.20 bits per heavy atom. The zero-order valence-electron chi connectivity index (χ0n) is 11.1. The van der Waals surface area contributed by atoms with Gasteiger partial charge in [0.1, 0.15) is 0 Å². The van der Waals surface area contributed by atoms with Crippen LogP contribution < -0.4 is 10.7 Å². The first-order chi connectivity index (χ1) is 9.49. The van der Waals surface area contributed by atoms with E-state index in [1.807, 2.05) is 6.07 Å². The van der Waals surface area contributed by atoms with Crippen molar-refractivity contribution in [1.29, 1.82) is 0 Å². The van der Waals surface area contributed by atoms with Crippen LogP contribution in [-0.4, -0.2) is 53.6 Å². The molecule has 108 valence electrons. The zero-order valence-corrected chi connectivity index (χ0v) is 13.3. The van der Waals surface area contributed by atoms with E-state index in [0.717, 1.165) is 31.5 Å². The molecule has 2 aliphatic rings. The van der Waals surface area contributed by atoms with Crippen molar-refractivity contribution >= 4 is 34.8 Å². The lowest BCUT2D eigenvalue weighted by Gasteiger charge is -2.42. The van der Waals surface area contributed by atoms with E-state index in [1.54, 1.807) is 12.1 Å². The maximum Gasteiger partial charge on any atom is 0.226 e. The van der Waals surface area contributed by atoms with E-state index in [4.69, 9.17) is 34.8 Å². The molecule has 1 aromatic carbocycles. The molecule has 3 rings (SSSR count).